The SMILES string of the molecule is COc1ccc2c(c1)[C@]1(C[C@H]1c1ccc3c(Nc4ncnc(N5CCCOCC5)c4C)n[nH]c3c1)C(=O)N2. The summed E-state index contributed by atoms with van der Waals surface area (Å²) in [5.74, 6) is 3.27. The van der Waals surface area contributed by atoms with E-state index in [1.54, 1.807) is 13.4 Å². The number of H-pyrrole nitrogens is 1. The summed E-state index contributed by atoms with van der Waals surface area (Å²) in [7, 11) is 1.65. The highest BCUT2D eigenvalue weighted by molar-refractivity contribution is 6.10. The number of amides is 1. The van der Waals surface area contributed by atoms with Gasteiger partial charge in [0.2, 0.25) is 5.91 Å². The molecule has 1 amide bonds. The van der Waals surface area contributed by atoms with E-state index in [1.165, 1.54) is 0 Å². The van der Waals surface area contributed by atoms with Crippen molar-refractivity contribution in [1.29, 1.82) is 0 Å². The number of methoxy groups -OCH3 is 1. The van der Waals surface area contributed by atoms with Crippen LogP contribution in [0.1, 0.15) is 35.4 Å². The molecule has 2 aliphatic heterocycles. The standard InChI is InChI=1S/C28H29N7O3/c1-16-24(29-15-30-26(16)35-8-3-10-38-11-9-35)32-25-19-6-4-17(12-23(19)33-34-25)21-14-28(21)20-13-18(37-2)5-7-22(20)31-27(28)36/h4-7,12-13,15,21H,3,8-11,14H2,1-2H3,(H,31,36)(H2,29,30,32,33,34)/t21-,28-/m0/s1. The first-order valence-corrected chi connectivity index (χ1v) is 13.0. The molecule has 3 N–H and O–H groups in total. The van der Waals surface area contributed by atoms with Gasteiger partial charge in [-0.3, -0.25) is 9.89 Å². The second-order valence-corrected chi connectivity index (χ2v) is 10.2. The van der Waals surface area contributed by atoms with Crippen molar-refractivity contribution in [2.24, 2.45) is 0 Å². The van der Waals surface area contributed by atoms with Crippen molar-refractivity contribution in [1.82, 2.24) is 20.2 Å². The minimum atomic E-state index is -0.536. The molecule has 7 rings (SSSR count). The Morgan fingerprint density at radius 3 is 2.95 bits per heavy atom. The number of nitrogens with zero attached hydrogens (tertiary/aromatic N) is 4. The van der Waals surface area contributed by atoms with Crippen LogP contribution in [-0.4, -0.2) is 59.5 Å². The summed E-state index contributed by atoms with van der Waals surface area (Å²) in [6.45, 7) is 5.22. The lowest BCUT2D eigenvalue weighted by molar-refractivity contribution is -0.118. The summed E-state index contributed by atoms with van der Waals surface area (Å²) >= 11 is 0. The zero-order valence-corrected chi connectivity index (χ0v) is 21.4. The van der Waals surface area contributed by atoms with Crippen LogP contribution in [-0.2, 0) is 14.9 Å². The zero-order valence-electron chi connectivity index (χ0n) is 21.4. The molecule has 1 saturated carbocycles. The molecular formula is C28H29N7O3. The molecule has 10 heteroatoms. The van der Waals surface area contributed by atoms with Gasteiger partial charge in [-0.2, -0.15) is 5.10 Å². The fraction of sp³-hybridized carbons (Fsp3) is 0.357. The molecule has 0 bridgehead atoms. The van der Waals surface area contributed by atoms with E-state index in [0.29, 0.717) is 12.4 Å². The Kier molecular flexibility index (Phi) is 5.26. The van der Waals surface area contributed by atoms with E-state index in [-0.39, 0.29) is 11.8 Å². The van der Waals surface area contributed by atoms with Gasteiger partial charge in [0, 0.05) is 42.3 Å². The van der Waals surface area contributed by atoms with Crippen LogP contribution in [0.15, 0.2) is 42.7 Å². The van der Waals surface area contributed by atoms with Crippen LogP contribution in [0.5, 0.6) is 5.75 Å². The van der Waals surface area contributed by atoms with E-state index >= 15 is 0 Å². The summed E-state index contributed by atoms with van der Waals surface area (Å²) in [6, 6.07) is 12.1. The summed E-state index contributed by atoms with van der Waals surface area (Å²) in [5, 5.41) is 15.1. The molecule has 1 saturated heterocycles. The number of fused-ring (bicyclic) bond motifs is 3. The van der Waals surface area contributed by atoms with Gasteiger partial charge in [-0.05, 0) is 61.2 Å². The van der Waals surface area contributed by atoms with E-state index in [1.807, 2.05) is 25.1 Å². The molecule has 3 aliphatic rings. The lowest BCUT2D eigenvalue weighted by Gasteiger charge is -2.23. The summed E-state index contributed by atoms with van der Waals surface area (Å²) in [6.07, 6.45) is 3.34. The van der Waals surface area contributed by atoms with Crippen molar-refractivity contribution in [3.8, 4) is 5.75 Å². The van der Waals surface area contributed by atoms with Gasteiger partial charge in [0.25, 0.3) is 0 Å². The number of aromatic amines is 1. The summed E-state index contributed by atoms with van der Waals surface area (Å²) < 4.78 is 11.0. The van der Waals surface area contributed by atoms with Crippen LogP contribution in [0.25, 0.3) is 10.9 Å². The monoisotopic (exact) mass is 511 g/mol. The van der Waals surface area contributed by atoms with Crippen LogP contribution in [0.3, 0.4) is 0 Å². The number of carbonyl (C=O) groups excluding carboxylic acids is 1. The maximum Gasteiger partial charge on any atom is 0.235 e. The van der Waals surface area contributed by atoms with Gasteiger partial charge in [-0.25, -0.2) is 9.97 Å². The topological polar surface area (TPSA) is 117 Å². The maximum absolute atomic E-state index is 13.1. The highest BCUT2D eigenvalue weighted by Gasteiger charge is 2.65. The molecule has 4 aromatic rings. The van der Waals surface area contributed by atoms with E-state index in [0.717, 1.165) is 83.2 Å². The third kappa shape index (κ3) is 3.51. The molecule has 38 heavy (non-hydrogen) atoms. The lowest BCUT2D eigenvalue weighted by atomic mass is 9.91. The molecule has 2 aromatic heterocycles. The molecule has 0 unspecified atom stereocenters. The van der Waals surface area contributed by atoms with Crippen molar-refractivity contribution < 1.29 is 14.3 Å². The Balaban J connectivity index is 1.16. The number of hydrogen-bond acceptors (Lipinski definition) is 8. The number of ether oxygens (including phenoxy) is 2. The highest BCUT2D eigenvalue weighted by Crippen LogP contribution is 2.65. The van der Waals surface area contributed by atoms with Crippen molar-refractivity contribution in [2.75, 3.05) is 48.9 Å². The predicted molar refractivity (Wildman–Crippen MR) is 144 cm³/mol. The zero-order chi connectivity index (χ0) is 25.9. The van der Waals surface area contributed by atoms with E-state index in [4.69, 9.17) is 9.47 Å². The number of aromatic nitrogens is 4. The number of benzene rings is 2. The number of rotatable bonds is 5. The molecule has 2 aromatic carbocycles. The molecule has 4 heterocycles. The predicted octanol–water partition coefficient (Wildman–Crippen LogP) is 4.02. The molecule has 2 atom stereocenters. The smallest absolute Gasteiger partial charge is 0.235 e. The lowest BCUT2D eigenvalue weighted by Crippen LogP contribution is -2.28. The third-order valence-corrected chi connectivity index (χ3v) is 8.13. The fourth-order valence-corrected chi connectivity index (χ4v) is 6.00. The minimum absolute atomic E-state index is 0.0591. The molecular weight excluding hydrogens is 482 g/mol. The van der Waals surface area contributed by atoms with E-state index < -0.39 is 5.41 Å². The van der Waals surface area contributed by atoms with Gasteiger partial charge in [-0.1, -0.05) is 6.07 Å². The van der Waals surface area contributed by atoms with Crippen LogP contribution in [0, 0.1) is 6.92 Å². The normalized spacial score (nSPS) is 22.3. The third-order valence-electron chi connectivity index (χ3n) is 8.13. The first-order chi connectivity index (χ1) is 18.6. The van der Waals surface area contributed by atoms with Gasteiger partial charge >= 0.3 is 0 Å². The van der Waals surface area contributed by atoms with Crippen molar-refractivity contribution >= 4 is 40.0 Å². The van der Waals surface area contributed by atoms with Gasteiger partial charge in [0.05, 0.1) is 24.6 Å². The van der Waals surface area contributed by atoms with E-state index in [2.05, 4.69) is 53.9 Å². The maximum atomic E-state index is 13.1. The molecule has 10 nitrogen and oxygen atoms in total. The Bertz CT molecular complexity index is 1560. The highest BCUT2D eigenvalue weighted by atomic mass is 16.5. The second-order valence-electron chi connectivity index (χ2n) is 10.2. The summed E-state index contributed by atoms with van der Waals surface area (Å²) in [4.78, 5) is 24.4. The quantitative estimate of drug-likeness (QED) is 0.368. The second kappa shape index (κ2) is 8.70. The van der Waals surface area contributed by atoms with Crippen molar-refractivity contribution in [3.63, 3.8) is 0 Å². The number of carbonyl (C=O) groups is 1. The number of anilines is 4. The van der Waals surface area contributed by atoms with Gasteiger partial charge in [0.1, 0.15) is 23.7 Å². The first kappa shape index (κ1) is 23.0. The van der Waals surface area contributed by atoms with Gasteiger partial charge in [-0.15, -0.1) is 0 Å². The van der Waals surface area contributed by atoms with Crippen molar-refractivity contribution in [3.05, 3.63) is 59.4 Å². The summed E-state index contributed by atoms with van der Waals surface area (Å²) in [5.41, 5.74) is 4.36. The van der Waals surface area contributed by atoms with Gasteiger partial charge in [0.15, 0.2) is 5.82 Å². The molecule has 0 radical (unpaired) electrons. The largest absolute Gasteiger partial charge is 0.497 e. The fourth-order valence-electron chi connectivity index (χ4n) is 6.00. The first-order valence-electron chi connectivity index (χ1n) is 13.0. The molecule has 1 spiro atoms. The molecule has 2 fully saturated rings. The van der Waals surface area contributed by atoms with Crippen molar-refractivity contribution in [2.45, 2.75) is 31.1 Å². The van der Waals surface area contributed by atoms with Crippen LogP contribution in [0.4, 0.5) is 23.1 Å². The Labute approximate surface area is 219 Å². The van der Waals surface area contributed by atoms with Crippen LogP contribution >= 0.6 is 0 Å². The minimum Gasteiger partial charge on any atom is -0.497 e. The number of hydrogen-bond donors (Lipinski definition) is 3. The Morgan fingerprint density at radius 2 is 2.05 bits per heavy atom. The average Bonchev–Trinajstić information content (AvgIpc) is 3.58. The average molecular weight is 512 g/mol. The van der Waals surface area contributed by atoms with Gasteiger partial charge < -0.3 is 25.0 Å². The number of nitrogens with one attached hydrogen (secondary N) is 3. The van der Waals surface area contributed by atoms with Crippen LogP contribution < -0.4 is 20.3 Å². The van der Waals surface area contributed by atoms with Crippen LogP contribution in [0.2, 0.25) is 0 Å². The molecule has 194 valence electrons. The Morgan fingerprint density at radius 1 is 1.13 bits per heavy atom. The van der Waals surface area contributed by atoms with E-state index in [9.17, 15) is 4.79 Å². The Hall–Kier alpha value is -4.18. The molecule has 1 aliphatic carbocycles.